The molecule has 0 saturated heterocycles. The summed E-state index contributed by atoms with van der Waals surface area (Å²) in [6, 6.07) is 14.6. The molecule has 0 fully saturated rings. The lowest BCUT2D eigenvalue weighted by Gasteiger charge is -2.22. The van der Waals surface area contributed by atoms with Crippen LogP contribution in [0.25, 0.3) is 0 Å². The normalized spacial score (nSPS) is 17.4. The summed E-state index contributed by atoms with van der Waals surface area (Å²) in [7, 11) is 0. The zero-order valence-electron chi connectivity index (χ0n) is 9.10. The van der Waals surface area contributed by atoms with E-state index in [1.54, 1.807) is 18.3 Å². The first kappa shape index (κ1) is 10.0. The molecule has 0 aliphatic carbocycles. The minimum Gasteiger partial charge on any atom is -0.298 e. The summed E-state index contributed by atoms with van der Waals surface area (Å²) < 4.78 is 12.9. The van der Waals surface area contributed by atoms with Crippen molar-refractivity contribution in [3.63, 3.8) is 0 Å². The topological polar surface area (TPSA) is 24.4 Å². The van der Waals surface area contributed by atoms with Crippen molar-refractivity contribution in [2.45, 2.75) is 6.04 Å². The highest BCUT2D eigenvalue weighted by Crippen LogP contribution is 2.26. The molecule has 0 amide bonds. The van der Waals surface area contributed by atoms with E-state index in [9.17, 15) is 4.39 Å². The Labute approximate surface area is 98.8 Å². The van der Waals surface area contributed by atoms with Gasteiger partial charge in [0.05, 0.1) is 12.3 Å². The van der Waals surface area contributed by atoms with Gasteiger partial charge in [-0.3, -0.25) is 5.43 Å². The van der Waals surface area contributed by atoms with Crippen LogP contribution in [-0.2, 0) is 0 Å². The van der Waals surface area contributed by atoms with Crippen molar-refractivity contribution in [3.05, 3.63) is 71.0 Å². The fourth-order valence-corrected chi connectivity index (χ4v) is 2.05. The average molecular weight is 226 g/mol. The second kappa shape index (κ2) is 4.01. The Morgan fingerprint density at radius 3 is 2.59 bits per heavy atom. The summed E-state index contributed by atoms with van der Waals surface area (Å²) in [6.45, 7) is 0. The molecule has 84 valence electrons. The van der Waals surface area contributed by atoms with Crippen LogP contribution >= 0.6 is 0 Å². The molecule has 1 aliphatic rings. The maximum atomic E-state index is 12.9. The van der Waals surface area contributed by atoms with Gasteiger partial charge in [0.2, 0.25) is 0 Å². The van der Waals surface area contributed by atoms with E-state index in [0.717, 1.165) is 16.7 Å². The van der Waals surface area contributed by atoms with Gasteiger partial charge in [0.25, 0.3) is 0 Å². The van der Waals surface area contributed by atoms with Crippen molar-refractivity contribution in [2.24, 2.45) is 5.10 Å². The van der Waals surface area contributed by atoms with Crippen LogP contribution in [-0.4, -0.2) is 6.21 Å². The van der Waals surface area contributed by atoms with E-state index in [-0.39, 0.29) is 11.9 Å². The van der Waals surface area contributed by atoms with Gasteiger partial charge < -0.3 is 0 Å². The Morgan fingerprint density at radius 1 is 1.00 bits per heavy atom. The molecule has 1 heterocycles. The maximum absolute atomic E-state index is 12.9. The van der Waals surface area contributed by atoms with Gasteiger partial charge in [-0.25, -0.2) is 4.39 Å². The van der Waals surface area contributed by atoms with Gasteiger partial charge in [-0.05, 0) is 23.3 Å². The third kappa shape index (κ3) is 1.80. The van der Waals surface area contributed by atoms with Crippen molar-refractivity contribution >= 4 is 6.21 Å². The summed E-state index contributed by atoms with van der Waals surface area (Å²) in [4.78, 5) is 0. The van der Waals surface area contributed by atoms with Gasteiger partial charge in [0, 0.05) is 5.56 Å². The van der Waals surface area contributed by atoms with Crippen LogP contribution in [0.1, 0.15) is 22.7 Å². The quantitative estimate of drug-likeness (QED) is 0.794. The molecule has 0 radical (unpaired) electrons. The largest absolute Gasteiger partial charge is 0.298 e. The minimum atomic E-state index is -0.221. The average Bonchev–Trinajstić information content (AvgIpc) is 2.39. The lowest BCUT2D eigenvalue weighted by atomic mass is 9.94. The molecular formula is C14H11FN2. The van der Waals surface area contributed by atoms with E-state index in [4.69, 9.17) is 0 Å². The molecule has 0 unspecified atom stereocenters. The number of benzene rings is 2. The number of nitrogens with zero attached hydrogens (tertiary/aromatic N) is 1. The zero-order chi connectivity index (χ0) is 11.7. The number of halogens is 1. The second-order valence-electron chi connectivity index (χ2n) is 4.00. The number of nitrogens with one attached hydrogen (secondary N) is 1. The SMILES string of the molecule is Fc1ccc([C@@H]2NN=Cc3ccccc32)cc1. The zero-order valence-corrected chi connectivity index (χ0v) is 9.10. The fraction of sp³-hybridized carbons (Fsp3) is 0.0714. The monoisotopic (exact) mass is 226 g/mol. The van der Waals surface area contributed by atoms with E-state index in [1.807, 2.05) is 18.2 Å². The lowest BCUT2D eigenvalue weighted by Crippen LogP contribution is -2.22. The number of hydrogen-bond donors (Lipinski definition) is 1. The van der Waals surface area contributed by atoms with Crippen LogP contribution in [0.15, 0.2) is 53.6 Å². The molecular weight excluding hydrogens is 215 g/mol. The number of fused-ring (bicyclic) bond motifs is 1. The van der Waals surface area contributed by atoms with Gasteiger partial charge in [-0.1, -0.05) is 36.4 Å². The fourth-order valence-electron chi connectivity index (χ4n) is 2.05. The molecule has 2 aromatic carbocycles. The summed E-state index contributed by atoms with van der Waals surface area (Å²) in [6.07, 6.45) is 1.80. The first-order valence-electron chi connectivity index (χ1n) is 5.47. The van der Waals surface area contributed by atoms with E-state index in [2.05, 4.69) is 16.6 Å². The molecule has 3 rings (SSSR count). The first-order chi connectivity index (χ1) is 8.34. The van der Waals surface area contributed by atoms with Crippen LogP contribution in [0.4, 0.5) is 4.39 Å². The maximum Gasteiger partial charge on any atom is 0.123 e. The third-order valence-corrected chi connectivity index (χ3v) is 2.92. The Balaban J connectivity index is 2.05. The Morgan fingerprint density at radius 2 is 1.76 bits per heavy atom. The minimum absolute atomic E-state index is 0.00296. The Hall–Kier alpha value is -2.16. The standard InChI is InChI=1S/C14H11FN2/c15-12-7-5-10(6-8-12)14-13-4-2-1-3-11(13)9-16-17-14/h1-9,14,17H/t14-/m0/s1. The third-order valence-electron chi connectivity index (χ3n) is 2.92. The summed E-state index contributed by atoms with van der Waals surface area (Å²) in [5.74, 6) is -0.221. The van der Waals surface area contributed by atoms with Crippen molar-refractivity contribution < 1.29 is 4.39 Å². The summed E-state index contributed by atoms with van der Waals surface area (Å²) >= 11 is 0. The van der Waals surface area contributed by atoms with Crippen LogP contribution in [0.3, 0.4) is 0 Å². The molecule has 0 bridgehead atoms. The van der Waals surface area contributed by atoms with Crippen LogP contribution in [0.2, 0.25) is 0 Å². The Bertz CT molecular complexity index is 561. The van der Waals surface area contributed by atoms with E-state index < -0.39 is 0 Å². The first-order valence-corrected chi connectivity index (χ1v) is 5.47. The lowest BCUT2D eigenvalue weighted by molar-refractivity contribution is 0.613. The molecule has 1 N–H and O–H groups in total. The molecule has 3 heteroatoms. The van der Waals surface area contributed by atoms with Crippen molar-refractivity contribution in [3.8, 4) is 0 Å². The molecule has 2 nitrogen and oxygen atoms in total. The predicted molar refractivity (Wildman–Crippen MR) is 65.4 cm³/mol. The van der Waals surface area contributed by atoms with Crippen molar-refractivity contribution in [2.75, 3.05) is 0 Å². The van der Waals surface area contributed by atoms with Gasteiger partial charge in [-0.2, -0.15) is 5.10 Å². The molecule has 0 saturated carbocycles. The Kier molecular flexibility index (Phi) is 2.37. The van der Waals surface area contributed by atoms with Gasteiger partial charge in [0.1, 0.15) is 5.82 Å². The van der Waals surface area contributed by atoms with Crippen molar-refractivity contribution in [1.29, 1.82) is 0 Å². The molecule has 1 aliphatic heterocycles. The van der Waals surface area contributed by atoms with E-state index in [1.165, 1.54) is 12.1 Å². The molecule has 1 atom stereocenters. The molecule has 17 heavy (non-hydrogen) atoms. The number of hydrazone groups is 1. The predicted octanol–water partition coefficient (Wildman–Crippen LogP) is 2.85. The highest BCUT2D eigenvalue weighted by Gasteiger charge is 2.18. The van der Waals surface area contributed by atoms with Crippen LogP contribution < -0.4 is 5.43 Å². The van der Waals surface area contributed by atoms with Crippen LogP contribution in [0, 0.1) is 5.82 Å². The van der Waals surface area contributed by atoms with Gasteiger partial charge >= 0.3 is 0 Å². The number of rotatable bonds is 1. The van der Waals surface area contributed by atoms with E-state index in [0.29, 0.717) is 0 Å². The second-order valence-corrected chi connectivity index (χ2v) is 4.00. The van der Waals surface area contributed by atoms with Crippen molar-refractivity contribution in [1.82, 2.24) is 5.43 Å². The van der Waals surface area contributed by atoms with Crippen LogP contribution in [0.5, 0.6) is 0 Å². The summed E-state index contributed by atoms with van der Waals surface area (Å²) in [5.41, 5.74) is 6.33. The molecule has 0 spiro atoms. The smallest absolute Gasteiger partial charge is 0.123 e. The van der Waals surface area contributed by atoms with Gasteiger partial charge in [0.15, 0.2) is 0 Å². The highest BCUT2D eigenvalue weighted by molar-refractivity contribution is 5.83. The summed E-state index contributed by atoms with van der Waals surface area (Å²) in [5, 5.41) is 4.13. The molecule has 2 aromatic rings. The number of hydrogen-bond acceptors (Lipinski definition) is 2. The highest BCUT2D eigenvalue weighted by atomic mass is 19.1. The van der Waals surface area contributed by atoms with Gasteiger partial charge in [-0.15, -0.1) is 0 Å². The van der Waals surface area contributed by atoms with E-state index >= 15 is 0 Å². The molecule has 0 aromatic heterocycles.